The van der Waals surface area contributed by atoms with Gasteiger partial charge in [0.2, 0.25) is 5.91 Å². The number of unbranched alkanes of at least 4 members (excludes halogenated alkanes) is 1. The lowest BCUT2D eigenvalue weighted by molar-refractivity contribution is -0.129. The van der Waals surface area contributed by atoms with E-state index >= 15 is 0 Å². The summed E-state index contributed by atoms with van der Waals surface area (Å²) in [4.78, 5) is 19.8. The van der Waals surface area contributed by atoms with Gasteiger partial charge in [-0.1, -0.05) is 13.3 Å². The Kier molecular flexibility index (Phi) is 5.93. The molecule has 0 bridgehead atoms. The van der Waals surface area contributed by atoms with Crippen molar-refractivity contribution < 1.29 is 9.53 Å². The van der Waals surface area contributed by atoms with Crippen molar-refractivity contribution in [1.29, 1.82) is 0 Å². The van der Waals surface area contributed by atoms with Crippen LogP contribution >= 0.6 is 11.3 Å². The number of hydrogen-bond donors (Lipinski definition) is 0. The van der Waals surface area contributed by atoms with Gasteiger partial charge in [-0.2, -0.15) is 0 Å². The molecule has 138 valence electrons. The summed E-state index contributed by atoms with van der Waals surface area (Å²) in [6.45, 7) is 5.57. The number of imidazole rings is 1. The second-order valence-corrected chi connectivity index (χ2v) is 7.15. The van der Waals surface area contributed by atoms with E-state index in [4.69, 9.17) is 9.72 Å². The lowest BCUT2D eigenvalue weighted by Crippen LogP contribution is -2.29. The van der Waals surface area contributed by atoms with Crippen LogP contribution < -0.4 is 4.74 Å². The summed E-state index contributed by atoms with van der Waals surface area (Å²) in [6, 6.07) is 7.94. The van der Waals surface area contributed by atoms with E-state index in [9.17, 15) is 4.79 Å². The first-order valence-corrected chi connectivity index (χ1v) is 9.93. The summed E-state index contributed by atoms with van der Waals surface area (Å²) in [7, 11) is 1.88. The van der Waals surface area contributed by atoms with Crippen LogP contribution in [0.15, 0.2) is 35.8 Å². The molecule has 3 rings (SSSR count). The highest BCUT2D eigenvalue weighted by Crippen LogP contribution is 2.25. The van der Waals surface area contributed by atoms with Crippen molar-refractivity contribution in [2.45, 2.75) is 33.1 Å². The number of fused-ring (bicyclic) bond motifs is 1. The third-order valence-corrected chi connectivity index (χ3v) is 5.24. The maximum absolute atomic E-state index is 12.4. The van der Waals surface area contributed by atoms with Crippen molar-refractivity contribution in [2.24, 2.45) is 0 Å². The second-order valence-electron chi connectivity index (χ2n) is 6.31. The number of likely N-dealkylation sites (N-methyl/N-ethyl adjacent to an activating group) is 1. The van der Waals surface area contributed by atoms with Crippen molar-refractivity contribution in [2.75, 3.05) is 20.2 Å². The van der Waals surface area contributed by atoms with Crippen LogP contribution in [0, 0.1) is 0 Å². The fraction of sp³-hybridized carbons (Fsp3) is 0.400. The van der Waals surface area contributed by atoms with Gasteiger partial charge in [-0.25, -0.2) is 4.98 Å². The van der Waals surface area contributed by atoms with E-state index in [1.807, 2.05) is 59.1 Å². The van der Waals surface area contributed by atoms with E-state index in [2.05, 4.69) is 6.92 Å². The fourth-order valence-corrected chi connectivity index (χ4v) is 3.67. The van der Waals surface area contributed by atoms with Crippen LogP contribution in [0.4, 0.5) is 0 Å². The van der Waals surface area contributed by atoms with Crippen LogP contribution in [0.3, 0.4) is 0 Å². The first kappa shape index (κ1) is 18.5. The monoisotopic (exact) mass is 371 g/mol. The number of thiazole rings is 1. The van der Waals surface area contributed by atoms with E-state index in [0.717, 1.165) is 47.0 Å². The number of hydrogen-bond acceptors (Lipinski definition) is 4. The maximum atomic E-state index is 12.4. The lowest BCUT2D eigenvalue weighted by Gasteiger charge is -2.16. The number of amides is 1. The van der Waals surface area contributed by atoms with Crippen molar-refractivity contribution in [3.05, 3.63) is 41.5 Å². The summed E-state index contributed by atoms with van der Waals surface area (Å²) >= 11 is 1.57. The Hall–Kier alpha value is -2.34. The van der Waals surface area contributed by atoms with E-state index in [-0.39, 0.29) is 5.91 Å². The highest BCUT2D eigenvalue weighted by Gasteiger charge is 2.15. The molecule has 0 N–H and O–H groups in total. The van der Waals surface area contributed by atoms with Crippen molar-refractivity contribution in [3.63, 3.8) is 0 Å². The lowest BCUT2D eigenvalue weighted by atomic mass is 10.1. The molecule has 0 aliphatic rings. The third-order valence-electron chi connectivity index (χ3n) is 4.35. The smallest absolute Gasteiger partial charge is 0.228 e. The van der Waals surface area contributed by atoms with Gasteiger partial charge in [-0.3, -0.25) is 9.20 Å². The SMILES string of the molecule is CCCCN(C)C(=O)Cc1csc2nc(-c3ccc(OCC)cc3)cn12. The number of aromatic nitrogens is 2. The van der Waals surface area contributed by atoms with Crippen LogP contribution in [0.25, 0.3) is 16.2 Å². The molecule has 1 amide bonds. The van der Waals surface area contributed by atoms with Gasteiger partial charge in [-0.05, 0) is 37.6 Å². The van der Waals surface area contributed by atoms with Gasteiger partial charge in [0.05, 0.1) is 18.7 Å². The number of carbonyl (C=O) groups is 1. The number of benzene rings is 1. The van der Waals surface area contributed by atoms with Gasteiger partial charge >= 0.3 is 0 Å². The Morgan fingerprint density at radius 3 is 2.73 bits per heavy atom. The summed E-state index contributed by atoms with van der Waals surface area (Å²) in [5, 5.41) is 2.02. The molecule has 2 heterocycles. The average Bonchev–Trinajstić information content (AvgIpc) is 3.22. The van der Waals surface area contributed by atoms with Crippen molar-refractivity contribution in [1.82, 2.24) is 14.3 Å². The molecule has 5 nitrogen and oxygen atoms in total. The molecule has 0 atom stereocenters. The van der Waals surface area contributed by atoms with Gasteiger partial charge in [-0.15, -0.1) is 11.3 Å². The van der Waals surface area contributed by atoms with Crippen molar-refractivity contribution >= 4 is 22.2 Å². The number of nitrogens with zero attached hydrogens (tertiary/aromatic N) is 3. The van der Waals surface area contributed by atoms with Crippen LogP contribution in [-0.2, 0) is 11.2 Å². The summed E-state index contributed by atoms with van der Waals surface area (Å²) < 4.78 is 7.52. The van der Waals surface area contributed by atoms with Gasteiger partial charge < -0.3 is 9.64 Å². The Labute approximate surface area is 158 Å². The van der Waals surface area contributed by atoms with E-state index in [0.29, 0.717) is 13.0 Å². The molecule has 2 aromatic heterocycles. The largest absolute Gasteiger partial charge is 0.494 e. The highest BCUT2D eigenvalue weighted by molar-refractivity contribution is 7.15. The quantitative estimate of drug-likeness (QED) is 0.594. The number of ether oxygens (including phenoxy) is 1. The average molecular weight is 372 g/mol. The first-order valence-electron chi connectivity index (χ1n) is 9.05. The summed E-state index contributed by atoms with van der Waals surface area (Å²) in [5.74, 6) is 1.01. The Morgan fingerprint density at radius 1 is 1.27 bits per heavy atom. The van der Waals surface area contributed by atoms with Crippen LogP contribution in [0.2, 0.25) is 0 Å². The van der Waals surface area contributed by atoms with Gasteiger partial charge in [0, 0.05) is 36.4 Å². The highest BCUT2D eigenvalue weighted by atomic mass is 32.1. The molecule has 0 saturated heterocycles. The normalized spacial score (nSPS) is 11.0. The zero-order valence-electron chi connectivity index (χ0n) is 15.6. The molecule has 0 unspecified atom stereocenters. The van der Waals surface area contributed by atoms with Gasteiger partial charge in [0.1, 0.15) is 5.75 Å². The molecule has 6 heteroatoms. The predicted molar refractivity (Wildman–Crippen MR) is 106 cm³/mol. The molecule has 0 aliphatic carbocycles. The van der Waals surface area contributed by atoms with Crippen molar-refractivity contribution in [3.8, 4) is 17.0 Å². The molecular formula is C20H25N3O2S. The van der Waals surface area contributed by atoms with Gasteiger partial charge in [0.25, 0.3) is 0 Å². The number of rotatable bonds is 8. The zero-order chi connectivity index (χ0) is 18.5. The Balaban J connectivity index is 1.77. The fourth-order valence-electron chi connectivity index (χ4n) is 2.79. The topological polar surface area (TPSA) is 46.8 Å². The minimum absolute atomic E-state index is 0.148. The molecule has 0 spiro atoms. The van der Waals surface area contributed by atoms with Gasteiger partial charge in [0.15, 0.2) is 4.96 Å². The molecule has 26 heavy (non-hydrogen) atoms. The minimum atomic E-state index is 0.148. The summed E-state index contributed by atoms with van der Waals surface area (Å²) in [5.41, 5.74) is 2.94. The molecule has 0 aliphatic heterocycles. The van der Waals surface area contributed by atoms with Crippen LogP contribution in [0.1, 0.15) is 32.4 Å². The predicted octanol–water partition coefficient (Wildman–Crippen LogP) is 4.26. The molecule has 0 radical (unpaired) electrons. The standard InChI is InChI=1S/C20H25N3O2S/c1-4-6-11-22(3)19(24)12-16-14-26-20-21-18(13-23(16)20)15-7-9-17(10-8-15)25-5-2/h7-10,13-14H,4-6,11-12H2,1-3H3. The molecule has 0 saturated carbocycles. The molecule has 3 aromatic rings. The zero-order valence-corrected chi connectivity index (χ0v) is 16.4. The Morgan fingerprint density at radius 2 is 2.04 bits per heavy atom. The van der Waals surface area contributed by atoms with E-state index in [1.165, 1.54) is 0 Å². The molecular weight excluding hydrogens is 346 g/mol. The van der Waals surface area contributed by atoms with Crippen LogP contribution in [0.5, 0.6) is 5.75 Å². The minimum Gasteiger partial charge on any atom is -0.494 e. The maximum Gasteiger partial charge on any atom is 0.228 e. The summed E-state index contributed by atoms with van der Waals surface area (Å²) in [6.07, 6.45) is 4.54. The Bertz CT molecular complexity index is 867. The van der Waals surface area contributed by atoms with Crippen LogP contribution in [-0.4, -0.2) is 40.4 Å². The second kappa shape index (κ2) is 8.36. The molecule has 0 fully saturated rings. The number of carbonyl (C=O) groups excluding carboxylic acids is 1. The molecule has 1 aromatic carbocycles. The first-order chi connectivity index (χ1) is 12.6. The van der Waals surface area contributed by atoms with E-state index in [1.54, 1.807) is 11.3 Å². The van der Waals surface area contributed by atoms with E-state index < -0.39 is 0 Å². The third kappa shape index (κ3) is 4.07.